The van der Waals surface area contributed by atoms with E-state index in [1.807, 2.05) is 47.4 Å². The summed E-state index contributed by atoms with van der Waals surface area (Å²) in [6.07, 6.45) is 2.21. The predicted molar refractivity (Wildman–Crippen MR) is 120 cm³/mol. The van der Waals surface area contributed by atoms with Gasteiger partial charge in [0.05, 0.1) is 29.5 Å². The van der Waals surface area contributed by atoms with Crippen LogP contribution in [0.15, 0.2) is 58.5 Å². The van der Waals surface area contributed by atoms with Gasteiger partial charge in [0, 0.05) is 13.1 Å². The third-order valence-corrected chi connectivity index (χ3v) is 6.33. The fourth-order valence-electron chi connectivity index (χ4n) is 3.80. The molecule has 0 radical (unpaired) electrons. The van der Waals surface area contributed by atoms with Gasteiger partial charge in [-0.25, -0.2) is 4.98 Å². The van der Waals surface area contributed by atoms with Gasteiger partial charge in [-0.2, -0.15) is 0 Å². The van der Waals surface area contributed by atoms with Crippen LogP contribution in [0.25, 0.3) is 16.6 Å². The van der Waals surface area contributed by atoms with Gasteiger partial charge in [0.1, 0.15) is 5.75 Å². The number of aromatic nitrogens is 2. The van der Waals surface area contributed by atoms with Crippen molar-refractivity contribution in [3.63, 3.8) is 0 Å². The first kappa shape index (κ1) is 20.5. The maximum Gasteiger partial charge on any atom is 0.266 e. The summed E-state index contributed by atoms with van der Waals surface area (Å²) in [7, 11) is 1.60. The van der Waals surface area contributed by atoms with Crippen LogP contribution in [-0.2, 0) is 4.79 Å². The molecule has 3 aromatic rings. The number of ether oxygens (including phenoxy) is 1. The second-order valence-electron chi connectivity index (χ2n) is 7.63. The van der Waals surface area contributed by atoms with E-state index >= 15 is 0 Å². The third kappa shape index (κ3) is 4.21. The lowest BCUT2D eigenvalue weighted by Gasteiger charge is -2.30. The standard InChI is InChI=1S/C23H25N3O3S/c1-16-6-5-13-25(14-16)21(27)15-30-23-24-20-8-4-3-7-19(20)22(28)26(23)17-9-11-18(29-2)12-10-17/h3-4,7-12,16H,5-6,13-15H2,1-2H3. The van der Waals surface area contributed by atoms with E-state index in [2.05, 4.69) is 6.92 Å². The van der Waals surface area contributed by atoms with Crippen LogP contribution in [0.4, 0.5) is 0 Å². The van der Waals surface area contributed by atoms with E-state index in [0.29, 0.717) is 33.4 Å². The lowest BCUT2D eigenvalue weighted by atomic mass is 10.0. The summed E-state index contributed by atoms with van der Waals surface area (Å²) in [5, 5.41) is 1.07. The van der Waals surface area contributed by atoms with Gasteiger partial charge < -0.3 is 9.64 Å². The third-order valence-electron chi connectivity index (χ3n) is 5.41. The maximum absolute atomic E-state index is 13.3. The Balaban J connectivity index is 1.68. The highest BCUT2D eigenvalue weighted by molar-refractivity contribution is 7.99. The van der Waals surface area contributed by atoms with Crippen molar-refractivity contribution in [2.24, 2.45) is 5.92 Å². The number of hydrogen-bond acceptors (Lipinski definition) is 5. The molecular weight excluding hydrogens is 398 g/mol. The number of amides is 1. The molecular formula is C23H25N3O3S. The molecule has 156 valence electrons. The van der Waals surface area contributed by atoms with E-state index < -0.39 is 0 Å². The number of methoxy groups -OCH3 is 1. The van der Waals surface area contributed by atoms with Crippen LogP contribution in [0.2, 0.25) is 0 Å². The smallest absolute Gasteiger partial charge is 0.266 e. The highest BCUT2D eigenvalue weighted by atomic mass is 32.2. The fraction of sp³-hybridized carbons (Fsp3) is 0.348. The zero-order chi connectivity index (χ0) is 21.1. The molecule has 4 rings (SSSR count). The molecule has 2 heterocycles. The molecule has 1 aliphatic rings. The summed E-state index contributed by atoms with van der Waals surface area (Å²) in [5.41, 5.74) is 1.18. The van der Waals surface area contributed by atoms with Crippen LogP contribution in [-0.4, -0.2) is 46.3 Å². The van der Waals surface area contributed by atoms with Gasteiger partial charge in [0.15, 0.2) is 5.16 Å². The Morgan fingerprint density at radius 3 is 2.70 bits per heavy atom. The number of rotatable bonds is 5. The second kappa shape index (κ2) is 8.92. The molecule has 0 bridgehead atoms. The topological polar surface area (TPSA) is 64.4 Å². The Labute approximate surface area is 179 Å². The van der Waals surface area contributed by atoms with E-state index in [4.69, 9.17) is 9.72 Å². The highest BCUT2D eigenvalue weighted by Crippen LogP contribution is 2.24. The lowest BCUT2D eigenvalue weighted by molar-refractivity contribution is -0.130. The first-order valence-corrected chi connectivity index (χ1v) is 11.1. The van der Waals surface area contributed by atoms with Crippen molar-refractivity contribution in [3.05, 3.63) is 58.9 Å². The number of thioether (sulfide) groups is 1. The summed E-state index contributed by atoms with van der Waals surface area (Å²) in [5.74, 6) is 1.59. The molecule has 30 heavy (non-hydrogen) atoms. The number of para-hydroxylation sites is 1. The van der Waals surface area contributed by atoms with Crippen molar-refractivity contribution < 1.29 is 9.53 Å². The molecule has 1 aromatic heterocycles. The van der Waals surface area contributed by atoms with Gasteiger partial charge in [0.25, 0.3) is 5.56 Å². The van der Waals surface area contributed by atoms with E-state index in [1.165, 1.54) is 18.2 Å². The van der Waals surface area contributed by atoms with Crippen molar-refractivity contribution >= 4 is 28.6 Å². The van der Waals surface area contributed by atoms with Crippen LogP contribution in [0, 0.1) is 5.92 Å². The summed E-state index contributed by atoms with van der Waals surface area (Å²) in [6.45, 7) is 3.79. The highest BCUT2D eigenvalue weighted by Gasteiger charge is 2.22. The van der Waals surface area contributed by atoms with Crippen molar-refractivity contribution in [1.29, 1.82) is 0 Å². The Morgan fingerprint density at radius 2 is 1.97 bits per heavy atom. The van der Waals surface area contributed by atoms with Crippen molar-refractivity contribution in [2.75, 3.05) is 26.0 Å². The number of hydrogen-bond donors (Lipinski definition) is 0. The fourth-order valence-corrected chi connectivity index (χ4v) is 4.72. The second-order valence-corrected chi connectivity index (χ2v) is 8.57. The minimum atomic E-state index is -0.146. The van der Waals surface area contributed by atoms with Crippen molar-refractivity contribution in [2.45, 2.75) is 24.9 Å². The number of carbonyl (C=O) groups excluding carboxylic acids is 1. The van der Waals surface area contributed by atoms with Crippen LogP contribution in [0.5, 0.6) is 5.75 Å². The van der Waals surface area contributed by atoms with E-state index in [-0.39, 0.29) is 17.2 Å². The van der Waals surface area contributed by atoms with E-state index in [9.17, 15) is 9.59 Å². The van der Waals surface area contributed by atoms with Crippen molar-refractivity contribution in [1.82, 2.24) is 14.5 Å². The minimum Gasteiger partial charge on any atom is -0.497 e. The van der Waals surface area contributed by atoms with Crippen LogP contribution >= 0.6 is 11.8 Å². The van der Waals surface area contributed by atoms with E-state index in [0.717, 1.165) is 19.5 Å². The molecule has 2 aromatic carbocycles. The zero-order valence-corrected chi connectivity index (χ0v) is 18.0. The average Bonchev–Trinajstić information content (AvgIpc) is 2.78. The van der Waals surface area contributed by atoms with Gasteiger partial charge in [-0.15, -0.1) is 0 Å². The normalized spacial score (nSPS) is 16.6. The molecule has 0 N–H and O–H groups in total. The number of likely N-dealkylation sites (tertiary alicyclic amines) is 1. The van der Waals surface area contributed by atoms with Crippen molar-refractivity contribution in [3.8, 4) is 11.4 Å². The number of piperidine rings is 1. The van der Waals surface area contributed by atoms with Gasteiger partial charge in [-0.3, -0.25) is 14.2 Å². The van der Waals surface area contributed by atoms with Crippen LogP contribution in [0.1, 0.15) is 19.8 Å². The molecule has 0 spiro atoms. The Hall–Kier alpha value is -2.80. The molecule has 6 nitrogen and oxygen atoms in total. The quantitative estimate of drug-likeness (QED) is 0.462. The lowest BCUT2D eigenvalue weighted by Crippen LogP contribution is -2.40. The predicted octanol–water partition coefficient (Wildman–Crippen LogP) is 3.74. The van der Waals surface area contributed by atoms with Gasteiger partial charge in [0.2, 0.25) is 5.91 Å². The average molecular weight is 424 g/mol. The van der Waals surface area contributed by atoms with Crippen LogP contribution in [0.3, 0.4) is 0 Å². The largest absolute Gasteiger partial charge is 0.497 e. The summed E-state index contributed by atoms with van der Waals surface area (Å²) in [6, 6.07) is 14.6. The Kier molecular flexibility index (Phi) is 6.08. The SMILES string of the molecule is COc1ccc(-n2c(SCC(=O)N3CCCC(C)C3)nc3ccccc3c2=O)cc1. The van der Waals surface area contributed by atoms with Gasteiger partial charge >= 0.3 is 0 Å². The zero-order valence-electron chi connectivity index (χ0n) is 17.2. The Morgan fingerprint density at radius 1 is 1.20 bits per heavy atom. The molecule has 1 atom stereocenters. The molecule has 1 unspecified atom stereocenters. The van der Waals surface area contributed by atoms with E-state index in [1.54, 1.807) is 17.7 Å². The number of carbonyl (C=O) groups is 1. The minimum absolute atomic E-state index is 0.0928. The van der Waals surface area contributed by atoms with Gasteiger partial charge in [-0.1, -0.05) is 30.8 Å². The first-order chi connectivity index (χ1) is 14.6. The Bertz CT molecular complexity index is 1110. The number of nitrogens with zero attached hydrogens (tertiary/aromatic N) is 3. The van der Waals surface area contributed by atoms with Gasteiger partial charge in [-0.05, 0) is 55.2 Å². The first-order valence-electron chi connectivity index (χ1n) is 10.1. The molecule has 1 fully saturated rings. The summed E-state index contributed by atoms with van der Waals surface area (Å²) in [4.78, 5) is 32.7. The number of benzene rings is 2. The number of fused-ring (bicyclic) bond motifs is 1. The summed E-state index contributed by atoms with van der Waals surface area (Å²) >= 11 is 1.31. The molecule has 1 amide bonds. The maximum atomic E-state index is 13.3. The molecule has 0 saturated carbocycles. The monoisotopic (exact) mass is 423 g/mol. The molecule has 1 saturated heterocycles. The molecule has 1 aliphatic heterocycles. The molecule has 7 heteroatoms. The van der Waals surface area contributed by atoms with Crippen LogP contribution < -0.4 is 10.3 Å². The molecule has 0 aliphatic carbocycles. The summed E-state index contributed by atoms with van der Waals surface area (Å²) < 4.78 is 6.81.